The van der Waals surface area contributed by atoms with E-state index in [1.165, 1.54) is 16.5 Å². The standard InChI is InChI=1S/C21H23ClN2O2.ClH/c1-3-10-26-21-18(22)11-15(12-20(21)25-2)13-23-9-8-16-14-24-19-7-5-4-6-17(16)19;/h3-7,11-12,14,23-24H,1,8-10,13H2,2H3;1H. The van der Waals surface area contributed by atoms with Crippen LogP contribution in [-0.4, -0.2) is 25.2 Å². The number of hydrogen-bond donors (Lipinski definition) is 2. The number of nitrogens with one attached hydrogen (secondary N) is 2. The van der Waals surface area contributed by atoms with Crippen molar-refractivity contribution in [3.05, 3.63) is 71.4 Å². The van der Waals surface area contributed by atoms with Gasteiger partial charge in [-0.05, 0) is 42.3 Å². The van der Waals surface area contributed by atoms with Gasteiger partial charge in [0.1, 0.15) is 6.61 Å². The first-order chi connectivity index (χ1) is 12.7. The summed E-state index contributed by atoms with van der Waals surface area (Å²) >= 11 is 6.34. The Hall–Kier alpha value is -2.14. The Bertz CT molecular complexity index is 893. The monoisotopic (exact) mass is 406 g/mol. The minimum Gasteiger partial charge on any atom is -0.493 e. The Kier molecular flexibility index (Phi) is 8.04. The van der Waals surface area contributed by atoms with Crippen molar-refractivity contribution in [3.8, 4) is 11.5 Å². The minimum absolute atomic E-state index is 0. The van der Waals surface area contributed by atoms with Gasteiger partial charge in [-0.1, -0.05) is 42.5 Å². The molecule has 1 aromatic heterocycles. The zero-order valence-electron chi connectivity index (χ0n) is 15.3. The van der Waals surface area contributed by atoms with E-state index in [-0.39, 0.29) is 12.4 Å². The first-order valence-corrected chi connectivity index (χ1v) is 8.96. The predicted molar refractivity (Wildman–Crippen MR) is 115 cm³/mol. The van der Waals surface area contributed by atoms with E-state index in [1.54, 1.807) is 13.2 Å². The molecule has 6 heteroatoms. The Balaban J connectivity index is 0.00000261. The second-order valence-corrected chi connectivity index (χ2v) is 6.40. The molecule has 144 valence electrons. The molecule has 0 bridgehead atoms. The SMILES string of the molecule is C=CCOc1c(Cl)cc(CNCCc2c[nH]c3ccccc23)cc1OC.Cl. The molecule has 3 rings (SSSR count). The largest absolute Gasteiger partial charge is 0.493 e. The molecule has 4 nitrogen and oxygen atoms in total. The fourth-order valence-corrected chi connectivity index (χ4v) is 3.24. The highest BCUT2D eigenvalue weighted by Crippen LogP contribution is 2.36. The third-order valence-electron chi connectivity index (χ3n) is 4.21. The van der Waals surface area contributed by atoms with Crippen LogP contribution in [0.2, 0.25) is 5.02 Å². The van der Waals surface area contributed by atoms with E-state index in [4.69, 9.17) is 21.1 Å². The van der Waals surface area contributed by atoms with Gasteiger partial charge in [0.2, 0.25) is 0 Å². The zero-order valence-corrected chi connectivity index (χ0v) is 16.8. The van der Waals surface area contributed by atoms with Crippen molar-refractivity contribution < 1.29 is 9.47 Å². The maximum absolute atomic E-state index is 6.34. The van der Waals surface area contributed by atoms with Crippen molar-refractivity contribution in [2.45, 2.75) is 13.0 Å². The van der Waals surface area contributed by atoms with Crippen LogP contribution in [0.15, 0.2) is 55.3 Å². The predicted octanol–water partition coefficient (Wildman–Crippen LogP) is 5.15. The van der Waals surface area contributed by atoms with Gasteiger partial charge in [-0.15, -0.1) is 12.4 Å². The molecule has 3 aromatic rings. The molecule has 2 aromatic carbocycles. The number of H-pyrrole nitrogens is 1. The lowest BCUT2D eigenvalue weighted by molar-refractivity contribution is 0.326. The molecule has 0 aliphatic heterocycles. The lowest BCUT2D eigenvalue weighted by Crippen LogP contribution is -2.16. The Labute approximate surface area is 170 Å². The van der Waals surface area contributed by atoms with Gasteiger partial charge in [0.05, 0.1) is 12.1 Å². The number of methoxy groups -OCH3 is 1. The van der Waals surface area contributed by atoms with Gasteiger partial charge < -0.3 is 19.8 Å². The van der Waals surface area contributed by atoms with Crippen LogP contribution in [0.1, 0.15) is 11.1 Å². The molecule has 0 aliphatic rings. The molecular weight excluding hydrogens is 383 g/mol. The average molecular weight is 407 g/mol. The molecular formula is C21H24Cl2N2O2. The first kappa shape index (κ1) is 21.2. The molecule has 1 heterocycles. The number of para-hydroxylation sites is 1. The van der Waals surface area contributed by atoms with Gasteiger partial charge in [0.15, 0.2) is 11.5 Å². The van der Waals surface area contributed by atoms with Gasteiger partial charge in [-0.25, -0.2) is 0 Å². The van der Waals surface area contributed by atoms with Crippen LogP contribution >= 0.6 is 24.0 Å². The van der Waals surface area contributed by atoms with E-state index >= 15 is 0 Å². The lowest BCUT2D eigenvalue weighted by atomic mass is 10.1. The van der Waals surface area contributed by atoms with E-state index < -0.39 is 0 Å². The average Bonchev–Trinajstić information content (AvgIpc) is 3.07. The molecule has 0 saturated heterocycles. The highest BCUT2D eigenvalue weighted by Gasteiger charge is 2.11. The number of aromatic nitrogens is 1. The van der Waals surface area contributed by atoms with E-state index in [0.29, 0.717) is 29.7 Å². The van der Waals surface area contributed by atoms with E-state index in [1.807, 2.05) is 18.2 Å². The van der Waals surface area contributed by atoms with Crippen LogP contribution < -0.4 is 14.8 Å². The van der Waals surface area contributed by atoms with Crippen LogP contribution in [-0.2, 0) is 13.0 Å². The van der Waals surface area contributed by atoms with Crippen LogP contribution in [0.5, 0.6) is 11.5 Å². The summed E-state index contributed by atoms with van der Waals surface area (Å²) in [5.41, 5.74) is 3.54. The molecule has 0 unspecified atom stereocenters. The van der Waals surface area contributed by atoms with Gasteiger partial charge in [0.25, 0.3) is 0 Å². The summed E-state index contributed by atoms with van der Waals surface area (Å²) < 4.78 is 11.0. The Morgan fingerprint density at radius 2 is 2.07 bits per heavy atom. The van der Waals surface area contributed by atoms with Crippen molar-refractivity contribution in [2.75, 3.05) is 20.3 Å². The van der Waals surface area contributed by atoms with Crippen molar-refractivity contribution in [1.82, 2.24) is 10.3 Å². The molecule has 27 heavy (non-hydrogen) atoms. The molecule has 0 aliphatic carbocycles. The number of benzene rings is 2. The van der Waals surface area contributed by atoms with Crippen LogP contribution in [0.25, 0.3) is 10.9 Å². The third kappa shape index (κ3) is 5.19. The van der Waals surface area contributed by atoms with Crippen LogP contribution in [0.4, 0.5) is 0 Å². The Morgan fingerprint density at radius 3 is 2.85 bits per heavy atom. The molecule has 0 atom stereocenters. The second kappa shape index (κ2) is 10.3. The summed E-state index contributed by atoms with van der Waals surface area (Å²) in [5.74, 6) is 1.18. The van der Waals surface area contributed by atoms with E-state index in [2.05, 4.69) is 41.3 Å². The highest BCUT2D eigenvalue weighted by atomic mass is 35.5. The minimum atomic E-state index is 0. The number of hydrogen-bond acceptors (Lipinski definition) is 3. The van der Waals surface area contributed by atoms with Crippen LogP contribution in [0, 0.1) is 0 Å². The van der Waals surface area contributed by atoms with Gasteiger partial charge in [-0.3, -0.25) is 0 Å². The molecule has 0 fully saturated rings. The highest BCUT2D eigenvalue weighted by molar-refractivity contribution is 6.32. The smallest absolute Gasteiger partial charge is 0.180 e. The summed E-state index contributed by atoms with van der Waals surface area (Å²) in [4.78, 5) is 3.31. The molecule has 0 radical (unpaired) electrons. The molecule has 0 spiro atoms. The van der Waals surface area contributed by atoms with Crippen molar-refractivity contribution in [1.29, 1.82) is 0 Å². The van der Waals surface area contributed by atoms with Crippen molar-refractivity contribution in [2.24, 2.45) is 0 Å². The number of aromatic amines is 1. The van der Waals surface area contributed by atoms with Gasteiger partial charge >= 0.3 is 0 Å². The number of fused-ring (bicyclic) bond motifs is 1. The van der Waals surface area contributed by atoms with Gasteiger partial charge in [0, 0.05) is 23.6 Å². The normalized spacial score (nSPS) is 10.4. The maximum atomic E-state index is 6.34. The van der Waals surface area contributed by atoms with Crippen molar-refractivity contribution in [3.63, 3.8) is 0 Å². The van der Waals surface area contributed by atoms with Crippen molar-refractivity contribution >= 4 is 34.9 Å². The molecule has 0 saturated carbocycles. The number of rotatable bonds is 9. The van der Waals surface area contributed by atoms with Crippen LogP contribution in [0.3, 0.4) is 0 Å². The summed E-state index contributed by atoms with van der Waals surface area (Å²) in [6.07, 6.45) is 4.71. The fourth-order valence-electron chi connectivity index (χ4n) is 2.95. The third-order valence-corrected chi connectivity index (χ3v) is 4.49. The second-order valence-electron chi connectivity index (χ2n) is 5.99. The Morgan fingerprint density at radius 1 is 1.26 bits per heavy atom. The topological polar surface area (TPSA) is 46.3 Å². The summed E-state index contributed by atoms with van der Waals surface area (Å²) in [7, 11) is 1.61. The first-order valence-electron chi connectivity index (χ1n) is 8.58. The number of halogens is 2. The van der Waals surface area contributed by atoms with E-state index in [0.717, 1.165) is 18.5 Å². The lowest BCUT2D eigenvalue weighted by Gasteiger charge is -2.13. The summed E-state index contributed by atoms with van der Waals surface area (Å²) in [5, 5.41) is 5.28. The van der Waals surface area contributed by atoms with Gasteiger partial charge in [-0.2, -0.15) is 0 Å². The fraction of sp³-hybridized carbons (Fsp3) is 0.238. The summed E-state index contributed by atoms with van der Waals surface area (Å²) in [6.45, 7) is 5.61. The molecule has 0 amide bonds. The quantitative estimate of drug-likeness (QED) is 0.381. The van der Waals surface area contributed by atoms with E-state index in [9.17, 15) is 0 Å². The number of ether oxygens (including phenoxy) is 2. The summed E-state index contributed by atoms with van der Waals surface area (Å²) in [6, 6.07) is 12.2. The molecule has 2 N–H and O–H groups in total. The maximum Gasteiger partial charge on any atom is 0.180 e. The zero-order chi connectivity index (χ0) is 18.4.